The van der Waals surface area contributed by atoms with Crippen molar-refractivity contribution < 1.29 is 14.0 Å². The largest absolute Gasteiger partial charge is 0.459 e. The van der Waals surface area contributed by atoms with Gasteiger partial charge in [-0.1, -0.05) is 0 Å². The zero-order chi connectivity index (χ0) is 17.8. The van der Waals surface area contributed by atoms with E-state index >= 15 is 0 Å². The maximum Gasteiger partial charge on any atom is 0.289 e. The molecule has 2 amide bonds. The van der Waals surface area contributed by atoms with E-state index in [0.717, 1.165) is 0 Å². The van der Waals surface area contributed by atoms with E-state index in [1.165, 1.54) is 12.6 Å². The Kier molecular flexibility index (Phi) is 4.97. The zero-order valence-corrected chi connectivity index (χ0v) is 14.3. The van der Waals surface area contributed by atoms with Crippen LogP contribution in [0.25, 0.3) is 0 Å². The van der Waals surface area contributed by atoms with Crippen LogP contribution in [0.5, 0.6) is 0 Å². The lowest BCUT2D eigenvalue weighted by atomic mass is 10.2. The molecule has 2 aromatic heterocycles. The molecule has 0 saturated carbocycles. The average Bonchev–Trinajstić information content (AvgIpc) is 3.15. The molecule has 1 fully saturated rings. The number of aromatic nitrogens is 2. The van der Waals surface area contributed by atoms with Crippen molar-refractivity contribution >= 4 is 17.6 Å². The molecule has 3 rings (SSSR count). The third kappa shape index (κ3) is 3.96. The molecule has 0 radical (unpaired) electrons. The van der Waals surface area contributed by atoms with Gasteiger partial charge in [0.05, 0.1) is 6.26 Å². The maximum atomic E-state index is 12.6. The summed E-state index contributed by atoms with van der Waals surface area (Å²) in [5.41, 5.74) is 0.351. The van der Waals surface area contributed by atoms with Crippen molar-refractivity contribution in [3.63, 3.8) is 0 Å². The van der Waals surface area contributed by atoms with Gasteiger partial charge in [0, 0.05) is 38.3 Å². The fourth-order valence-corrected chi connectivity index (χ4v) is 2.68. The Morgan fingerprint density at radius 3 is 2.40 bits per heavy atom. The molecule has 0 spiro atoms. The van der Waals surface area contributed by atoms with Gasteiger partial charge in [-0.3, -0.25) is 9.59 Å². The van der Waals surface area contributed by atoms with Crippen LogP contribution >= 0.6 is 0 Å². The molecule has 8 nitrogen and oxygen atoms in total. The maximum absolute atomic E-state index is 12.6. The first-order valence-corrected chi connectivity index (χ1v) is 8.25. The molecule has 1 N–H and O–H groups in total. The topological polar surface area (TPSA) is 91.6 Å². The lowest BCUT2D eigenvalue weighted by molar-refractivity contribution is 0.0515. The van der Waals surface area contributed by atoms with E-state index in [1.807, 2.05) is 13.8 Å². The lowest BCUT2D eigenvalue weighted by Crippen LogP contribution is -2.50. The van der Waals surface area contributed by atoms with Crippen LogP contribution in [0.3, 0.4) is 0 Å². The second-order valence-electron chi connectivity index (χ2n) is 6.15. The molecule has 0 aliphatic carbocycles. The molecule has 2 aromatic rings. The first-order chi connectivity index (χ1) is 12.0. The Labute approximate surface area is 145 Å². The summed E-state index contributed by atoms with van der Waals surface area (Å²) >= 11 is 0. The summed E-state index contributed by atoms with van der Waals surface area (Å²) in [7, 11) is 0. The van der Waals surface area contributed by atoms with E-state index in [1.54, 1.807) is 28.0 Å². The molecular formula is C17H21N5O3. The van der Waals surface area contributed by atoms with Crippen molar-refractivity contribution in [2.24, 2.45) is 0 Å². The first-order valence-electron chi connectivity index (χ1n) is 8.25. The summed E-state index contributed by atoms with van der Waals surface area (Å²) in [6, 6.07) is 5.20. The smallest absolute Gasteiger partial charge is 0.289 e. The molecule has 0 bridgehead atoms. The number of hydrogen-bond donors (Lipinski definition) is 1. The van der Waals surface area contributed by atoms with E-state index < -0.39 is 0 Å². The van der Waals surface area contributed by atoms with E-state index in [2.05, 4.69) is 15.3 Å². The van der Waals surface area contributed by atoms with Crippen LogP contribution in [0.2, 0.25) is 0 Å². The van der Waals surface area contributed by atoms with Gasteiger partial charge in [-0.2, -0.15) is 0 Å². The SMILES string of the molecule is CC(C)Nc1cc(C(=O)N2CCN(C(=O)c3ccco3)CC2)ncn1. The highest BCUT2D eigenvalue weighted by atomic mass is 16.3. The number of anilines is 1. The number of rotatable bonds is 4. The highest BCUT2D eigenvalue weighted by molar-refractivity contribution is 5.94. The predicted octanol–water partition coefficient (Wildman–Crippen LogP) is 1.49. The molecule has 1 aliphatic heterocycles. The monoisotopic (exact) mass is 343 g/mol. The van der Waals surface area contributed by atoms with Gasteiger partial charge in [0.15, 0.2) is 5.76 Å². The lowest BCUT2D eigenvalue weighted by Gasteiger charge is -2.34. The zero-order valence-electron chi connectivity index (χ0n) is 14.3. The minimum absolute atomic E-state index is 0.150. The molecule has 0 unspecified atom stereocenters. The third-order valence-corrected chi connectivity index (χ3v) is 3.91. The highest BCUT2D eigenvalue weighted by Crippen LogP contribution is 2.13. The van der Waals surface area contributed by atoms with Gasteiger partial charge in [-0.15, -0.1) is 0 Å². The van der Waals surface area contributed by atoms with E-state index in [0.29, 0.717) is 43.5 Å². The number of amides is 2. The fraction of sp³-hybridized carbons (Fsp3) is 0.412. The number of furan rings is 1. The summed E-state index contributed by atoms with van der Waals surface area (Å²) in [4.78, 5) is 36.5. The summed E-state index contributed by atoms with van der Waals surface area (Å²) in [5.74, 6) is 0.641. The van der Waals surface area contributed by atoms with Crippen LogP contribution in [0.15, 0.2) is 35.2 Å². The number of nitrogens with zero attached hydrogens (tertiary/aromatic N) is 4. The number of carbonyl (C=O) groups excluding carboxylic acids is 2. The van der Waals surface area contributed by atoms with Crippen LogP contribution in [0.1, 0.15) is 34.9 Å². The van der Waals surface area contributed by atoms with Crippen LogP contribution in [-0.4, -0.2) is 63.8 Å². The number of hydrogen-bond acceptors (Lipinski definition) is 6. The molecule has 1 aliphatic rings. The second-order valence-corrected chi connectivity index (χ2v) is 6.15. The highest BCUT2D eigenvalue weighted by Gasteiger charge is 2.27. The van der Waals surface area contributed by atoms with Gasteiger partial charge in [-0.05, 0) is 26.0 Å². The van der Waals surface area contributed by atoms with Gasteiger partial charge < -0.3 is 19.5 Å². The Morgan fingerprint density at radius 1 is 1.12 bits per heavy atom. The number of carbonyl (C=O) groups is 2. The van der Waals surface area contributed by atoms with Crippen molar-refractivity contribution in [2.45, 2.75) is 19.9 Å². The van der Waals surface area contributed by atoms with Crippen molar-refractivity contribution in [3.05, 3.63) is 42.2 Å². The standard InChI is InChI=1S/C17H21N5O3/c1-12(2)20-15-10-13(18-11-19-15)16(23)21-5-7-22(8-6-21)17(24)14-4-3-9-25-14/h3-4,9-12H,5-8H2,1-2H3,(H,18,19,20). The minimum atomic E-state index is -0.153. The van der Waals surface area contributed by atoms with Crippen molar-refractivity contribution in [3.8, 4) is 0 Å². The molecule has 1 saturated heterocycles. The van der Waals surface area contributed by atoms with Crippen LogP contribution in [-0.2, 0) is 0 Å². The summed E-state index contributed by atoms with van der Waals surface area (Å²) in [6.45, 7) is 5.85. The summed E-state index contributed by atoms with van der Waals surface area (Å²) in [5, 5.41) is 3.16. The van der Waals surface area contributed by atoms with Crippen LogP contribution in [0, 0.1) is 0 Å². The molecule has 3 heterocycles. The molecule has 0 atom stereocenters. The van der Waals surface area contributed by atoms with E-state index in [9.17, 15) is 9.59 Å². The van der Waals surface area contributed by atoms with Gasteiger partial charge in [0.2, 0.25) is 0 Å². The molecule has 25 heavy (non-hydrogen) atoms. The number of piperazine rings is 1. The predicted molar refractivity (Wildman–Crippen MR) is 91.3 cm³/mol. The average molecular weight is 343 g/mol. The van der Waals surface area contributed by atoms with Gasteiger partial charge in [-0.25, -0.2) is 9.97 Å². The third-order valence-electron chi connectivity index (χ3n) is 3.91. The van der Waals surface area contributed by atoms with E-state index in [4.69, 9.17) is 4.42 Å². The molecular weight excluding hydrogens is 322 g/mol. The minimum Gasteiger partial charge on any atom is -0.459 e. The quantitative estimate of drug-likeness (QED) is 0.904. The number of nitrogens with one attached hydrogen (secondary N) is 1. The Hall–Kier alpha value is -2.90. The second kappa shape index (κ2) is 7.33. The molecule has 0 aromatic carbocycles. The van der Waals surface area contributed by atoms with Gasteiger partial charge in [0.1, 0.15) is 17.8 Å². The summed E-state index contributed by atoms with van der Waals surface area (Å²) in [6.07, 6.45) is 2.86. The Bertz CT molecular complexity index is 737. The van der Waals surface area contributed by atoms with E-state index in [-0.39, 0.29) is 17.9 Å². The normalized spacial score (nSPS) is 14.7. The van der Waals surface area contributed by atoms with Crippen molar-refractivity contribution in [1.82, 2.24) is 19.8 Å². The summed E-state index contributed by atoms with van der Waals surface area (Å²) < 4.78 is 5.14. The Morgan fingerprint density at radius 2 is 1.80 bits per heavy atom. The molecule has 132 valence electrons. The van der Waals surface area contributed by atoms with Crippen molar-refractivity contribution in [2.75, 3.05) is 31.5 Å². The van der Waals surface area contributed by atoms with Crippen LogP contribution < -0.4 is 5.32 Å². The van der Waals surface area contributed by atoms with Gasteiger partial charge >= 0.3 is 0 Å². The molecule has 8 heteroatoms. The Balaban J connectivity index is 1.61. The van der Waals surface area contributed by atoms with Crippen molar-refractivity contribution in [1.29, 1.82) is 0 Å². The van der Waals surface area contributed by atoms with Crippen LogP contribution in [0.4, 0.5) is 5.82 Å². The fourth-order valence-electron chi connectivity index (χ4n) is 2.68. The van der Waals surface area contributed by atoms with Gasteiger partial charge in [0.25, 0.3) is 11.8 Å². The first kappa shape index (κ1) is 16.9.